The molecule has 2 N–H and O–H groups in total. The molecule has 0 spiro atoms. The van der Waals surface area contributed by atoms with E-state index in [-0.39, 0.29) is 17.9 Å². The molecule has 0 aromatic heterocycles. The van der Waals surface area contributed by atoms with Crippen LogP contribution in [-0.4, -0.2) is 59.9 Å². The number of piperazine rings is 1. The van der Waals surface area contributed by atoms with Crippen LogP contribution >= 0.6 is 23.2 Å². The van der Waals surface area contributed by atoms with Crippen LogP contribution in [0.25, 0.3) is 0 Å². The van der Waals surface area contributed by atoms with Crippen molar-refractivity contribution in [2.45, 2.75) is 38.8 Å². The smallest absolute Gasteiger partial charge is 0.254 e. The highest BCUT2D eigenvalue weighted by Crippen LogP contribution is 2.21. The average molecular weight is 413 g/mol. The lowest BCUT2D eigenvalue weighted by Gasteiger charge is -2.36. The second-order valence-electron chi connectivity index (χ2n) is 7.68. The molecule has 2 heterocycles. The van der Waals surface area contributed by atoms with Crippen LogP contribution in [0.2, 0.25) is 10.0 Å². The number of hydrogen-bond acceptors (Lipinski definition) is 4. The number of rotatable bonds is 4. The fourth-order valence-electron chi connectivity index (χ4n) is 3.72. The summed E-state index contributed by atoms with van der Waals surface area (Å²) < 4.78 is 0. The van der Waals surface area contributed by atoms with Gasteiger partial charge in [-0.2, -0.15) is 0 Å². The molecule has 1 aromatic rings. The number of amides is 2. The van der Waals surface area contributed by atoms with Gasteiger partial charge in [-0.15, -0.1) is 0 Å². The van der Waals surface area contributed by atoms with Crippen molar-refractivity contribution in [3.05, 3.63) is 33.8 Å². The Labute approximate surface area is 170 Å². The first kappa shape index (κ1) is 20.4. The van der Waals surface area contributed by atoms with E-state index in [1.54, 1.807) is 23.1 Å². The third kappa shape index (κ3) is 5.13. The lowest BCUT2D eigenvalue weighted by molar-refractivity contribution is -0.134. The highest BCUT2D eigenvalue weighted by molar-refractivity contribution is 6.35. The van der Waals surface area contributed by atoms with Crippen molar-refractivity contribution in [1.29, 1.82) is 0 Å². The second-order valence-corrected chi connectivity index (χ2v) is 8.55. The minimum absolute atomic E-state index is 0.103. The van der Waals surface area contributed by atoms with Gasteiger partial charge in [0.25, 0.3) is 5.91 Å². The van der Waals surface area contributed by atoms with E-state index in [4.69, 9.17) is 23.2 Å². The van der Waals surface area contributed by atoms with E-state index in [9.17, 15) is 9.59 Å². The number of carbonyl (C=O) groups excluding carboxylic acids is 2. The van der Waals surface area contributed by atoms with Crippen LogP contribution in [0.3, 0.4) is 0 Å². The molecular formula is C19H26Cl2N4O2. The van der Waals surface area contributed by atoms with E-state index in [2.05, 4.69) is 24.7 Å². The molecule has 0 radical (unpaired) electrons. The van der Waals surface area contributed by atoms with Crippen LogP contribution < -0.4 is 10.9 Å². The third-order valence-electron chi connectivity index (χ3n) is 5.02. The molecule has 0 bridgehead atoms. The van der Waals surface area contributed by atoms with Crippen LogP contribution in [0.1, 0.15) is 37.0 Å². The summed E-state index contributed by atoms with van der Waals surface area (Å²) in [7, 11) is 0. The van der Waals surface area contributed by atoms with Gasteiger partial charge in [0.15, 0.2) is 0 Å². The van der Waals surface area contributed by atoms with E-state index < -0.39 is 0 Å². The van der Waals surface area contributed by atoms with E-state index in [1.165, 1.54) is 0 Å². The molecule has 2 fully saturated rings. The minimum atomic E-state index is -0.192. The van der Waals surface area contributed by atoms with Crippen molar-refractivity contribution in [1.82, 2.24) is 20.7 Å². The number of hydrogen-bond donors (Lipinski definition) is 2. The van der Waals surface area contributed by atoms with E-state index >= 15 is 0 Å². The predicted octanol–water partition coefficient (Wildman–Crippen LogP) is 2.56. The Balaban J connectivity index is 1.53. The molecule has 2 amide bonds. The van der Waals surface area contributed by atoms with Crippen molar-refractivity contribution in [2.24, 2.45) is 5.92 Å². The van der Waals surface area contributed by atoms with E-state index in [0.717, 1.165) is 12.8 Å². The zero-order chi connectivity index (χ0) is 19.6. The Morgan fingerprint density at radius 3 is 2.22 bits per heavy atom. The molecule has 2 atom stereocenters. The standard InChI is InChI=1S/C19H26Cl2N4O2/c1-12(2)7-16-11-17(23-22-16)19(27)25-5-3-24(4-6-25)18(26)13-8-14(20)10-15(21)9-13/h8-10,12,16-17,22-23H,3-7,11H2,1-2H3. The summed E-state index contributed by atoms with van der Waals surface area (Å²) in [4.78, 5) is 29.0. The van der Waals surface area contributed by atoms with E-state index in [0.29, 0.717) is 53.7 Å². The van der Waals surface area contributed by atoms with Crippen molar-refractivity contribution in [3.63, 3.8) is 0 Å². The maximum atomic E-state index is 12.8. The summed E-state index contributed by atoms with van der Waals surface area (Å²) in [6.45, 7) is 6.44. The van der Waals surface area contributed by atoms with Crippen molar-refractivity contribution < 1.29 is 9.59 Å². The summed E-state index contributed by atoms with van der Waals surface area (Å²) in [5.41, 5.74) is 6.84. The van der Waals surface area contributed by atoms with Gasteiger partial charge in [-0.25, -0.2) is 5.43 Å². The lowest BCUT2D eigenvalue weighted by Crippen LogP contribution is -2.54. The first-order valence-corrected chi connectivity index (χ1v) is 10.1. The largest absolute Gasteiger partial charge is 0.338 e. The Hall–Kier alpha value is -1.34. The monoisotopic (exact) mass is 412 g/mol. The molecule has 6 nitrogen and oxygen atoms in total. The normalized spacial score (nSPS) is 23.1. The zero-order valence-electron chi connectivity index (χ0n) is 15.7. The summed E-state index contributed by atoms with van der Waals surface area (Å²) in [5, 5.41) is 0.880. The van der Waals surface area contributed by atoms with Crippen LogP contribution in [0.5, 0.6) is 0 Å². The SMILES string of the molecule is CC(C)CC1CC(C(=O)N2CCN(C(=O)c3cc(Cl)cc(Cl)c3)CC2)NN1. The van der Waals surface area contributed by atoms with Gasteiger partial charge >= 0.3 is 0 Å². The molecule has 1 aromatic carbocycles. The van der Waals surface area contributed by atoms with Gasteiger partial charge in [-0.3, -0.25) is 15.0 Å². The number of nitrogens with one attached hydrogen (secondary N) is 2. The highest BCUT2D eigenvalue weighted by Gasteiger charge is 2.34. The Kier molecular flexibility index (Phi) is 6.63. The molecule has 3 rings (SSSR count). The first-order chi connectivity index (χ1) is 12.8. The Bertz CT molecular complexity index is 685. The average Bonchev–Trinajstić information content (AvgIpc) is 3.07. The molecule has 148 valence electrons. The number of benzene rings is 1. The molecule has 0 aliphatic carbocycles. The van der Waals surface area contributed by atoms with Crippen molar-refractivity contribution in [3.8, 4) is 0 Å². The first-order valence-electron chi connectivity index (χ1n) is 9.38. The number of hydrazine groups is 1. The van der Waals surface area contributed by atoms with Gasteiger partial charge in [-0.05, 0) is 37.0 Å². The van der Waals surface area contributed by atoms with E-state index in [1.807, 2.05) is 4.90 Å². The summed E-state index contributed by atoms with van der Waals surface area (Å²) in [5.74, 6) is 0.587. The van der Waals surface area contributed by atoms with Crippen molar-refractivity contribution >= 4 is 35.0 Å². The number of nitrogens with zero attached hydrogens (tertiary/aromatic N) is 2. The minimum Gasteiger partial charge on any atom is -0.338 e. The summed E-state index contributed by atoms with van der Waals surface area (Å²) >= 11 is 12.0. The van der Waals surface area contributed by atoms with Crippen LogP contribution in [0, 0.1) is 5.92 Å². The summed E-state index contributed by atoms with van der Waals surface area (Å²) in [6.07, 6.45) is 1.85. The van der Waals surface area contributed by atoms with Crippen LogP contribution in [0.4, 0.5) is 0 Å². The predicted molar refractivity (Wildman–Crippen MR) is 107 cm³/mol. The number of halogens is 2. The maximum absolute atomic E-state index is 12.8. The van der Waals surface area contributed by atoms with Gasteiger partial charge in [0.1, 0.15) is 6.04 Å². The second kappa shape index (κ2) is 8.78. The fourth-order valence-corrected chi connectivity index (χ4v) is 4.24. The molecule has 27 heavy (non-hydrogen) atoms. The lowest BCUT2D eigenvalue weighted by atomic mass is 9.99. The molecule has 2 aliphatic rings. The quantitative estimate of drug-likeness (QED) is 0.797. The van der Waals surface area contributed by atoms with Gasteiger partial charge in [0.2, 0.25) is 5.91 Å². The topological polar surface area (TPSA) is 64.7 Å². The molecular weight excluding hydrogens is 387 g/mol. The molecule has 2 saturated heterocycles. The molecule has 8 heteroatoms. The summed E-state index contributed by atoms with van der Waals surface area (Å²) in [6, 6.07) is 4.98. The number of carbonyl (C=O) groups is 2. The zero-order valence-corrected chi connectivity index (χ0v) is 17.2. The highest BCUT2D eigenvalue weighted by atomic mass is 35.5. The van der Waals surface area contributed by atoms with Gasteiger partial charge in [0, 0.05) is 47.8 Å². The maximum Gasteiger partial charge on any atom is 0.254 e. The van der Waals surface area contributed by atoms with Crippen LogP contribution in [-0.2, 0) is 4.79 Å². The van der Waals surface area contributed by atoms with Crippen LogP contribution in [0.15, 0.2) is 18.2 Å². The Morgan fingerprint density at radius 2 is 1.63 bits per heavy atom. The molecule has 2 unspecified atom stereocenters. The molecule has 2 aliphatic heterocycles. The third-order valence-corrected chi connectivity index (χ3v) is 5.46. The molecule has 0 saturated carbocycles. The fraction of sp³-hybridized carbons (Fsp3) is 0.579. The van der Waals surface area contributed by atoms with Gasteiger partial charge in [-0.1, -0.05) is 37.0 Å². The van der Waals surface area contributed by atoms with Gasteiger partial charge < -0.3 is 9.80 Å². The van der Waals surface area contributed by atoms with Gasteiger partial charge in [0.05, 0.1) is 0 Å². The van der Waals surface area contributed by atoms with Crippen molar-refractivity contribution in [2.75, 3.05) is 26.2 Å². The Morgan fingerprint density at radius 1 is 1.04 bits per heavy atom.